The van der Waals surface area contributed by atoms with Crippen LogP contribution in [-0.4, -0.2) is 4.98 Å². The summed E-state index contributed by atoms with van der Waals surface area (Å²) in [4.78, 5) is 5.21. The molecule has 8 rings (SSSR count). The van der Waals surface area contributed by atoms with Gasteiger partial charge in [0, 0.05) is 10.9 Å². The van der Waals surface area contributed by atoms with Gasteiger partial charge < -0.3 is 0 Å². The van der Waals surface area contributed by atoms with Crippen LogP contribution in [0.1, 0.15) is 52.7 Å². The number of benzene rings is 6. The molecule has 0 radical (unpaired) electrons. The van der Waals surface area contributed by atoms with Crippen molar-refractivity contribution in [2.45, 2.75) is 52.4 Å². The van der Waals surface area contributed by atoms with Gasteiger partial charge in [-0.1, -0.05) is 145 Å². The Morgan fingerprint density at radius 2 is 0.812 bits per heavy atom. The summed E-state index contributed by atoms with van der Waals surface area (Å²) in [6.45, 7) is 13.6. The summed E-state index contributed by atoms with van der Waals surface area (Å²) < 4.78 is 0. The van der Waals surface area contributed by atoms with Gasteiger partial charge in [0.2, 0.25) is 0 Å². The number of hydrogen-bond acceptors (Lipinski definition) is 1. The van der Waals surface area contributed by atoms with Crippen LogP contribution in [0.25, 0.3) is 77.8 Å². The van der Waals surface area contributed by atoms with Gasteiger partial charge in [0.1, 0.15) is 0 Å². The smallest absolute Gasteiger partial charge is 0.0722 e. The average molecular weight is 620 g/mol. The summed E-state index contributed by atoms with van der Waals surface area (Å²) >= 11 is 0. The fourth-order valence-electron chi connectivity index (χ4n) is 7.14. The summed E-state index contributed by atoms with van der Waals surface area (Å²) in [5.74, 6) is 0. The van der Waals surface area contributed by atoms with Crippen molar-refractivity contribution in [2.24, 2.45) is 0 Å². The van der Waals surface area contributed by atoms with Crippen molar-refractivity contribution in [3.63, 3.8) is 0 Å². The number of fused-ring (bicyclic) bond motifs is 3. The number of aromatic nitrogens is 1. The molecule has 0 amide bonds. The van der Waals surface area contributed by atoms with Crippen molar-refractivity contribution in [1.29, 1.82) is 0 Å². The van der Waals surface area contributed by atoms with E-state index >= 15 is 0 Å². The van der Waals surface area contributed by atoms with Crippen LogP contribution in [0.15, 0.2) is 140 Å². The van der Waals surface area contributed by atoms with Gasteiger partial charge in [-0.05, 0) is 114 Å². The second-order valence-electron chi connectivity index (χ2n) is 15.3. The lowest BCUT2D eigenvalue weighted by Crippen LogP contribution is -2.10. The molecule has 1 heterocycles. The van der Waals surface area contributed by atoms with E-state index in [4.69, 9.17) is 4.98 Å². The van der Waals surface area contributed by atoms with Crippen LogP contribution in [0.2, 0.25) is 0 Å². The lowest BCUT2D eigenvalue weighted by molar-refractivity contribution is 0.590. The highest BCUT2D eigenvalue weighted by Gasteiger charge is 2.23. The van der Waals surface area contributed by atoms with Gasteiger partial charge in [-0.3, -0.25) is 0 Å². The van der Waals surface area contributed by atoms with Gasteiger partial charge in [0.15, 0.2) is 0 Å². The third kappa shape index (κ3) is 5.34. The lowest BCUT2D eigenvalue weighted by atomic mass is 9.85. The molecule has 6 aromatic carbocycles. The van der Waals surface area contributed by atoms with Crippen molar-refractivity contribution in [3.8, 4) is 66.9 Å². The van der Waals surface area contributed by atoms with Crippen LogP contribution in [0.5, 0.6) is 0 Å². The Morgan fingerprint density at radius 1 is 0.354 bits per heavy atom. The Bertz CT molecular complexity index is 2250. The molecule has 0 aliphatic heterocycles. The van der Waals surface area contributed by atoms with Gasteiger partial charge >= 0.3 is 0 Å². The fraction of sp³-hybridized carbons (Fsp3) is 0.170. The first-order valence-electron chi connectivity index (χ1n) is 17.0. The van der Waals surface area contributed by atoms with Crippen LogP contribution in [-0.2, 0) is 10.8 Å². The van der Waals surface area contributed by atoms with Gasteiger partial charge in [-0.25, -0.2) is 4.98 Å². The first-order chi connectivity index (χ1) is 23.0. The predicted molar refractivity (Wildman–Crippen MR) is 205 cm³/mol. The predicted octanol–water partition coefficient (Wildman–Crippen LogP) is 13.1. The third-order valence-electron chi connectivity index (χ3n) is 9.93. The quantitative estimate of drug-likeness (QED) is 0.191. The minimum Gasteiger partial charge on any atom is -0.248 e. The first kappa shape index (κ1) is 30.1. The number of nitrogens with zero attached hydrogens (tertiary/aromatic N) is 1. The minimum absolute atomic E-state index is 0.112. The first-order valence-corrected chi connectivity index (χ1v) is 17.0. The lowest BCUT2D eigenvalue weighted by Gasteiger charge is -2.20. The minimum atomic E-state index is 0.112. The molecule has 0 atom stereocenters. The third-order valence-corrected chi connectivity index (χ3v) is 9.93. The molecule has 0 spiro atoms. The number of hydrogen-bond donors (Lipinski definition) is 0. The molecule has 0 fully saturated rings. The van der Waals surface area contributed by atoms with E-state index in [2.05, 4.69) is 181 Å². The van der Waals surface area contributed by atoms with Gasteiger partial charge in [0.05, 0.1) is 11.2 Å². The molecular formula is C47H41N. The maximum Gasteiger partial charge on any atom is 0.0722 e. The van der Waals surface area contributed by atoms with Crippen molar-refractivity contribution in [1.82, 2.24) is 4.98 Å². The van der Waals surface area contributed by atoms with E-state index in [0.717, 1.165) is 16.8 Å². The second-order valence-corrected chi connectivity index (χ2v) is 15.3. The molecule has 48 heavy (non-hydrogen) atoms. The number of rotatable bonds is 4. The van der Waals surface area contributed by atoms with Crippen LogP contribution in [0.4, 0.5) is 0 Å². The van der Waals surface area contributed by atoms with Crippen LogP contribution >= 0.6 is 0 Å². The topological polar surface area (TPSA) is 12.9 Å². The molecule has 1 aliphatic rings. The van der Waals surface area contributed by atoms with Gasteiger partial charge in [-0.2, -0.15) is 0 Å². The molecule has 0 bridgehead atoms. The zero-order valence-electron chi connectivity index (χ0n) is 28.7. The zero-order valence-corrected chi connectivity index (χ0v) is 28.7. The molecule has 1 aliphatic carbocycles. The molecule has 1 aromatic heterocycles. The zero-order chi connectivity index (χ0) is 33.2. The molecular weight excluding hydrogens is 579 g/mol. The Hall–Kier alpha value is -5.27. The highest BCUT2D eigenvalue weighted by atomic mass is 14.7. The summed E-state index contributed by atoms with van der Waals surface area (Å²) in [5, 5.41) is 1.26. The maximum absolute atomic E-state index is 5.21. The molecule has 0 saturated heterocycles. The Kier molecular flexibility index (Phi) is 7.00. The Morgan fingerprint density at radius 3 is 1.38 bits per heavy atom. The molecule has 1 nitrogen and oxygen atoms in total. The Balaban J connectivity index is 1.25. The molecule has 0 saturated carbocycles. The summed E-state index contributed by atoms with van der Waals surface area (Å²) in [5.41, 5.74) is 18.5. The van der Waals surface area contributed by atoms with Gasteiger partial charge in [-0.15, -0.1) is 0 Å². The Labute approximate surface area is 285 Å². The van der Waals surface area contributed by atoms with Crippen LogP contribution < -0.4 is 0 Å². The SMILES string of the molecule is CC(C)(C)c1ccc(-c2cc(-c3ccc(C(C)(C)C)cc3)cc(-c3cccc(-c4cc5c6c(cccc6n4)-c4ccccc4-5)c3)c2)cc1. The summed E-state index contributed by atoms with van der Waals surface area (Å²) in [6.07, 6.45) is 0. The van der Waals surface area contributed by atoms with E-state index in [1.54, 1.807) is 0 Å². The molecule has 0 N–H and O–H groups in total. The summed E-state index contributed by atoms with van der Waals surface area (Å²) in [6, 6.07) is 51.6. The highest BCUT2D eigenvalue weighted by Crippen LogP contribution is 2.47. The molecule has 7 aromatic rings. The molecule has 1 heteroatoms. The highest BCUT2D eigenvalue weighted by molar-refractivity contribution is 6.14. The van der Waals surface area contributed by atoms with Crippen molar-refractivity contribution in [3.05, 3.63) is 151 Å². The standard InChI is InChI=1S/C47H41N/c1-46(2,3)37-21-17-30(18-22-37)34-26-35(31-19-23-38(24-20-31)47(4,5)6)28-36(27-34)32-11-9-12-33(25-32)44-29-42-40-14-8-7-13-39(40)41-15-10-16-43(48-44)45(41)42/h7-29H,1-6H3. The van der Waals surface area contributed by atoms with E-state index in [-0.39, 0.29) is 10.8 Å². The van der Waals surface area contributed by atoms with E-state index < -0.39 is 0 Å². The van der Waals surface area contributed by atoms with E-state index in [9.17, 15) is 0 Å². The van der Waals surface area contributed by atoms with E-state index in [1.807, 2.05) is 0 Å². The normalized spacial score (nSPS) is 12.4. The van der Waals surface area contributed by atoms with Crippen molar-refractivity contribution >= 4 is 10.9 Å². The van der Waals surface area contributed by atoms with Crippen molar-refractivity contribution in [2.75, 3.05) is 0 Å². The average Bonchev–Trinajstić information content (AvgIpc) is 3.42. The fourth-order valence-corrected chi connectivity index (χ4v) is 7.14. The monoisotopic (exact) mass is 619 g/mol. The van der Waals surface area contributed by atoms with Crippen LogP contribution in [0, 0.1) is 0 Å². The van der Waals surface area contributed by atoms with E-state index in [0.29, 0.717) is 0 Å². The number of pyridine rings is 1. The molecule has 234 valence electrons. The van der Waals surface area contributed by atoms with E-state index in [1.165, 1.54) is 72.1 Å². The molecule has 0 unspecified atom stereocenters. The second kappa shape index (κ2) is 11.2. The van der Waals surface area contributed by atoms with Crippen LogP contribution in [0.3, 0.4) is 0 Å². The summed E-state index contributed by atoms with van der Waals surface area (Å²) in [7, 11) is 0. The maximum atomic E-state index is 5.21. The largest absolute Gasteiger partial charge is 0.248 e. The van der Waals surface area contributed by atoms with Gasteiger partial charge in [0.25, 0.3) is 0 Å². The van der Waals surface area contributed by atoms with Crippen molar-refractivity contribution < 1.29 is 0 Å².